The molecule has 0 radical (unpaired) electrons. The van der Waals surface area contributed by atoms with E-state index < -0.39 is 10.0 Å². The van der Waals surface area contributed by atoms with Gasteiger partial charge in [-0.2, -0.15) is 9.57 Å². The second kappa shape index (κ2) is 7.70. The van der Waals surface area contributed by atoms with Crippen molar-refractivity contribution >= 4 is 10.0 Å². The van der Waals surface area contributed by atoms with Crippen LogP contribution in [-0.4, -0.2) is 63.3 Å². The fraction of sp³-hybridized carbons (Fsp3) is 0.533. The topological polar surface area (TPSA) is 73.6 Å². The van der Waals surface area contributed by atoms with E-state index in [0.29, 0.717) is 31.7 Å². The van der Waals surface area contributed by atoms with Crippen molar-refractivity contribution in [2.45, 2.75) is 6.54 Å². The van der Waals surface area contributed by atoms with Gasteiger partial charge >= 0.3 is 0 Å². The predicted molar refractivity (Wildman–Crippen MR) is 83.7 cm³/mol. The van der Waals surface area contributed by atoms with Crippen LogP contribution in [0, 0.1) is 11.3 Å². The molecule has 0 amide bonds. The van der Waals surface area contributed by atoms with Crippen molar-refractivity contribution in [3.8, 4) is 6.07 Å². The van der Waals surface area contributed by atoms with Crippen LogP contribution in [0.4, 0.5) is 0 Å². The first-order valence-electron chi connectivity index (χ1n) is 7.23. The lowest BCUT2D eigenvalue weighted by Crippen LogP contribution is -2.49. The Balaban J connectivity index is 1.85. The summed E-state index contributed by atoms with van der Waals surface area (Å²) in [5.41, 5.74) is 1.78. The van der Waals surface area contributed by atoms with Crippen LogP contribution in [0.15, 0.2) is 24.3 Å². The number of sulfonamides is 1. The highest BCUT2D eigenvalue weighted by Gasteiger charge is 2.26. The van der Waals surface area contributed by atoms with Gasteiger partial charge in [-0.3, -0.25) is 4.90 Å². The highest BCUT2D eigenvalue weighted by atomic mass is 32.2. The maximum atomic E-state index is 12.1. The van der Waals surface area contributed by atoms with Crippen LogP contribution in [0.25, 0.3) is 0 Å². The Morgan fingerprint density at radius 2 is 1.82 bits per heavy atom. The molecule has 1 aromatic rings. The molecule has 6 nitrogen and oxygen atoms in total. The van der Waals surface area contributed by atoms with E-state index in [4.69, 9.17) is 10.00 Å². The Labute approximate surface area is 131 Å². The Morgan fingerprint density at radius 3 is 2.36 bits per heavy atom. The minimum atomic E-state index is -3.21. The van der Waals surface area contributed by atoms with Gasteiger partial charge in [-0.05, 0) is 17.7 Å². The van der Waals surface area contributed by atoms with Gasteiger partial charge in [-0.25, -0.2) is 8.42 Å². The van der Waals surface area contributed by atoms with Gasteiger partial charge in [0.05, 0.1) is 24.0 Å². The Bertz CT molecular complexity index is 614. The lowest BCUT2D eigenvalue weighted by atomic mass is 10.1. The molecule has 1 aliphatic rings. The van der Waals surface area contributed by atoms with E-state index in [0.717, 1.165) is 12.1 Å². The molecule has 1 fully saturated rings. The van der Waals surface area contributed by atoms with Gasteiger partial charge in [-0.15, -0.1) is 0 Å². The van der Waals surface area contributed by atoms with E-state index in [9.17, 15) is 8.42 Å². The van der Waals surface area contributed by atoms with E-state index in [-0.39, 0.29) is 12.4 Å². The first-order chi connectivity index (χ1) is 10.5. The highest BCUT2D eigenvalue weighted by molar-refractivity contribution is 7.89. The van der Waals surface area contributed by atoms with Crippen LogP contribution < -0.4 is 0 Å². The van der Waals surface area contributed by atoms with Crippen molar-refractivity contribution in [2.75, 3.05) is 45.6 Å². The second-order valence-electron chi connectivity index (χ2n) is 5.29. The lowest BCUT2D eigenvalue weighted by molar-refractivity contribution is 0.178. The van der Waals surface area contributed by atoms with Crippen LogP contribution in [0.2, 0.25) is 0 Å². The summed E-state index contributed by atoms with van der Waals surface area (Å²) >= 11 is 0. The van der Waals surface area contributed by atoms with E-state index in [1.54, 1.807) is 16.4 Å². The van der Waals surface area contributed by atoms with Gasteiger partial charge in [0, 0.05) is 39.8 Å². The van der Waals surface area contributed by atoms with Gasteiger partial charge in [-0.1, -0.05) is 12.1 Å². The van der Waals surface area contributed by atoms with E-state index in [1.807, 2.05) is 12.1 Å². The standard InChI is InChI=1S/C15H21N3O3S/c1-21-10-11-22(19,20)18-8-6-17(7-9-18)13-15-4-2-14(12-16)3-5-15/h2-5H,6-11,13H2,1H3. The van der Waals surface area contributed by atoms with Gasteiger partial charge < -0.3 is 4.74 Å². The molecule has 1 heterocycles. The summed E-state index contributed by atoms with van der Waals surface area (Å²) in [6, 6.07) is 9.60. The lowest BCUT2D eigenvalue weighted by Gasteiger charge is -2.34. The van der Waals surface area contributed by atoms with Crippen LogP contribution >= 0.6 is 0 Å². The molecule has 0 unspecified atom stereocenters. The number of ether oxygens (including phenoxy) is 1. The second-order valence-corrected chi connectivity index (χ2v) is 7.38. The van der Waals surface area contributed by atoms with E-state index in [1.165, 1.54) is 7.11 Å². The maximum Gasteiger partial charge on any atom is 0.216 e. The van der Waals surface area contributed by atoms with Crippen molar-refractivity contribution in [2.24, 2.45) is 0 Å². The summed E-state index contributed by atoms with van der Waals surface area (Å²) in [6.45, 7) is 3.47. The summed E-state index contributed by atoms with van der Waals surface area (Å²) in [5, 5.41) is 8.79. The molecular weight excluding hydrogens is 302 g/mol. The third-order valence-electron chi connectivity index (χ3n) is 3.76. The number of nitrogens with zero attached hydrogens (tertiary/aromatic N) is 3. The average Bonchev–Trinajstić information content (AvgIpc) is 2.54. The number of hydrogen-bond donors (Lipinski definition) is 0. The molecule has 0 saturated carbocycles. The molecule has 120 valence electrons. The molecule has 1 aromatic carbocycles. The van der Waals surface area contributed by atoms with Crippen LogP contribution in [0.1, 0.15) is 11.1 Å². The smallest absolute Gasteiger partial charge is 0.216 e. The first kappa shape index (κ1) is 16.9. The quantitative estimate of drug-likeness (QED) is 0.768. The van der Waals surface area contributed by atoms with Gasteiger partial charge in [0.2, 0.25) is 10.0 Å². The zero-order valence-corrected chi connectivity index (χ0v) is 13.6. The van der Waals surface area contributed by atoms with Crippen molar-refractivity contribution < 1.29 is 13.2 Å². The summed E-state index contributed by atoms with van der Waals surface area (Å²) in [6.07, 6.45) is 0. The third kappa shape index (κ3) is 4.52. The van der Waals surface area contributed by atoms with E-state index >= 15 is 0 Å². The SMILES string of the molecule is COCCS(=O)(=O)N1CCN(Cc2ccc(C#N)cc2)CC1. The zero-order chi connectivity index (χ0) is 16.0. The van der Waals surface area contributed by atoms with Gasteiger partial charge in [0.15, 0.2) is 0 Å². The molecule has 7 heteroatoms. The third-order valence-corrected chi connectivity index (χ3v) is 5.59. The maximum absolute atomic E-state index is 12.1. The van der Waals surface area contributed by atoms with Crippen molar-refractivity contribution in [3.05, 3.63) is 35.4 Å². The largest absolute Gasteiger partial charge is 0.384 e. The summed E-state index contributed by atoms with van der Waals surface area (Å²) in [5.74, 6) is 0.0408. The minimum Gasteiger partial charge on any atom is -0.384 e. The Morgan fingerprint density at radius 1 is 1.18 bits per heavy atom. The molecule has 0 N–H and O–H groups in total. The summed E-state index contributed by atoms with van der Waals surface area (Å²) in [7, 11) is -1.70. The number of hydrogen-bond acceptors (Lipinski definition) is 5. The number of rotatable bonds is 6. The number of benzene rings is 1. The Hall–Kier alpha value is -1.46. The molecule has 0 atom stereocenters. The van der Waals surface area contributed by atoms with Crippen molar-refractivity contribution in [1.82, 2.24) is 9.21 Å². The predicted octanol–water partition coefficient (Wildman–Crippen LogP) is 0.652. The molecule has 1 saturated heterocycles. The van der Waals surface area contributed by atoms with Crippen LogP contribution in [0.5, 0.6) is 0 Å². The molecule has 2 rings (SSSR count). The van der Waals surface area contributed by atoms with Crippen molar-refractivity contribution in [1.29, 1.82) is 5.26 Å². The molecule has 22 heavy (non-hydrogen) atoms. The number of nitriles is 1. The number of methoxy groups -OCH3 is 1. The molecule has 0 aliphatic carbocycles. The van der Waals surface area contributed by atoms with Gasteiger partial charge in [0.25, 0.3) is 0 Å². The van der Waals surface area contributed by atoms with E-state index in [2.05, 4.69) is 11.0 Å². The molecule has 0 bridgehead atoms. The molecular formula is C15H21N3O3S. The van der Waals surface area contributed by atoms with Crippen LogP contribution in [0.3, 0.4) is 0 Å². The molecule has 0 spiro atoms. The minimum absolute atomic E-state index is 0.0408. The van der Waals surface area contributed by atoms with Crippen molar-refractivity contribution in [3.63, 3.8) is 0 Å². The fourth-order valence-electron chi connectivity index (χ4n) is 2.43. The average molecular weight is 323 g/mol. The molecule has 0 aromatic heterocycles. The summed E-state index contributed by atoms with van der Waals surface area (Å²) < 4.78 is 30.5. The highest BCUT2D eigenvalue weighted by Crippen LogP contribution is 2.12. The van der Waals surface area contributed by atoms with Crippen LogP contribution in [-0.2, 0) is 21.3 Å². The Kier molecular flexibility index (Phi) is 5.91. The molecule has 1 aliphatic heterocycles. The fourth-order valence-corrected chi connectivity index (χ4v) is 3.78. The monoisotopic (exact) mass is 323 g/mol. The first-order valence-corrected chi connectivity index (χ1v) is 8.84. The normalized spacial score (nSPS) is 17.3. The zero-order valence-electron chi connectivity index (χ0n) is 12.7. The number of piperazine rings is 1. The van der Waals surface area contributed by atoms with Gasteiger partial charge in [0.1, 0.15) is 0 Å². The summed E-state index contributed by atoms with van der Waals surface area (Å²) in [4.78, 5) is 2.23.